The summed E-state index contributed by atoms with van der Waals surface area (Å²) in [6.45, 7) is 2.48. The molecule has 8 heteroatoms. The number of hydrogen-bond acceptors (Lipinski definition) is 6. The lowest BCUT2D eigenvalue weighted by Crippen LogP contribution is -2.20. The molecule has 0 aliphatic heterocycles. The average molecular weight is 267 g/mol. The molecule has 0 aromatic carbocycles. The number of fused-ring (bicyclic) bond motifs is 1. The van der Waals surface area contributed by atoms with Gasteiger partial charge in [-0.2, -0.15) is 4.98 Å². The lowest BCUT2D eigenvalue weighted by molar-refractivity contribution is 0.0820. The van der Waals surface area contributed by atoms with Gasteiger partial charge in [-0.15, -0.1) is 0 Å². The highest BCUT2D eigenvalue weighted by atomic mass is 16.3. The molecule has 1 atom stereocenters. The van der Waals surface area contributed by atoms with Gasteiger partial charge in [0.1, 0.15) is 0 Å². The molecule has 0 saturated heterocycles. The number of nitrogens with one attached hydrogen (secondary N) is 2. The van der Waals surface area contributed by atoms with Crippen molar-refractivity contribution in [3.8, 4) is 0 Å². The second kappa shape index (κ2) is 5.81. The standard InChI is InChI=1S/C11H17N5O3/c1-2-3-12-11-14-9-8(10(19)15-11)13-6-16(9)4-7(18)5-17/h6-7,17-18H,2-5H2,1H3,(H2,12,14,15,19). The first kappa shape index (κ1) is 13.5. The molecule has 0 amide bonds. The van der Waals surface area contributed by atoms with Gasteiger partial charge in [-0.1, -0.05) is 6.92 Å². The fourth-order valence-electron chi connectivity index (χ4n) is 1.70. The van der Waals surface area contributed by atoms with Gasteiger partial charge >= 0.3 is 0 Å². The third-order valence-corrected chi connectivity index (χ3v) is 2.64. The van der Waals surface area contributed by atoms with Crippen LogP contribution in [0.1, 0.15) is 13.3 Å². The molecule has 19 heavy (non-hydrogen) atoms. The first-order chi connectivity index (χ1) is 9.15. The van der Waals surface area contributed by atoms with Gasteiger partial charge in [-0.05, 0) is 6.42 Å². The molecule has 2 aromatic rings. The molecule has 2 rings (SSSR count). The Morgan fingerprint density at radius 2 is 2.37 bits per heavy atom. The summed E-state index contributed by atoms with van der Waals surface area (Å²) in [5.41, 5.74) is 0.267. The van der Waals surface area contributed by atoms with Crippen LogP contribution in [0.25, 0.3) is 11.2 Å². The number of hydrogen-bond donors (Lipinski definition) is 4. The Morgan fingerprint density at radius 1 is 1.58 bits per heavy atom. The normalized spacial score (nSPS) is 12.8. The molecule has 2 heterocycles. The van der Waals surface area contributed by atoms with Gasteiger partial charge in [-0.25, -0.2) is 4.98 Å². The van der Waals surface area contributed by atoms with Crippen LogP contribution in [0, 0.1) is 0 Å². The van der Waals surface area contributed by atoms with Gasteiger partial charge in [0, 0.05) is 6.54 Å². The third kappa shape index (κ3) is 2.91. The number of imidazole rings is 1. The Hall–Kier alpha value is -1.93. The summed E-state index contributed by atoms with van der Waals surface area (Å²) in [6.07, 6.45) is 1.42. The summed E-state index contributed by atoms with van der Waals surface area (Å²) in [7, 11) is 0. The topological polar surface area (TPSA) is 116 Å². The zero-order valence-corrected chi connectivity index (χ0v) is 10.6. The second-order valence-corrected chi connectivity index (χ2v) is 4.25. The number of aliphatic hydroxyl groups excluding tert-OH is 2. The van der Waals surface area contributed by atoms with Crippen LogP contribution < -0.4 is 10.9 Å². The van der Waals surface area contributed by atoms with Crippen LogP contribution in [0.4, 0.5) is 5.95 Å². The van der Waals surface area contributed by atoms with E-state index in [1.54, 1.807) is 4.57 Å². The number of anilines is 1. The minimum Gasteiger partial charge on any atom is -0.394 e. The van der Waals surface area contributed by atoms with E-state index in [9.17, 15) is 9.90 Å². The van der Waals surface area contributed by atoms with Gasteiger partial charge in [0.15, 0.2) is 11.2 Å². The minimum absolute atomic E-state index is 0.136. The van der Waals surface area contributed by atoms with E-state index in [2.05, 4.69) is 20.3 Å². The van der Waals surface area contributed by atoms with E-state index >= 15 is 0 Å². The molecule has 0 radical (unpaired) electrons. The van der Waals surface area contributed by atoms with Crippen molar-refractivity contribution in [3.63, 3.8) is 0 Å². The molecule has 104 valence electrons. The number of aromatic nitrogens is 4. The van der Waals surface area contributed by atoms with Crippen LogP contribution >= 0.6 is 0 Å². The Labute approximate surface area is 109 Å². The van der Waals surface area contributed by atoms with E-state index < -0.39 is 6.10 Å². The van der Waals surface area contributed by atoms with Crippen LogP contribution in [0.2, 0.25) is 0 Å². The zero-order chi connectivity index (χ0) is 13.8. The van der Waals surface area contributed by atoms with Crippen molar-refractivity contribution >= 4 is 17.1 Å². The SMILES string of the molecule is CCCNc1nc2c(ncn2CC(O)CO)c(=O)[nH]1. The Bertz CT molecular complexity index is 606. The van der Waals surface area contributed by atoms with Crippen molar-refractivity contribution in [1.29, 1.82) is 0 Å². The summed E-state index contributed by atoms with van der Waals surface area (Å²) in [4.78, 5) is 22.6. The van der Waals surface area contributed by atoms with E-state index in [-0.39, 0.29) is 24.2 Å². The number of nitrogens with zero attached hydrogens (tertiary/aromatic N) is 3. The molecule has 0 aliphatic carbocycles. The van der Waals surface area contributed by atoms with Crippen molar-refractivity contribution in [2.24, 2.45) is 0 Å². The molecular formula is C11H17N5O3. The highest BCUT2D eigenvalue weighted by Gasteiger charge is 2.12. The molecule has 0 bridgehead atoms. The monoisotopic (exact) mass is 267 g/mol. The summed E-state index contributed by atoms with van der Waals surface area (Å²) in [5.74, 6) is 0.375. The summed E-state index contributed by atoms with van der Waals surface area (Å²) in [5, 5.41) is 21.3. The van der Waals surface area contributed by atoms with Crippen LogP contribution in [0.3, 0.4) is 0 Å². The fraction of sp³-hybridized carbons (Fsp3) is 0.545. The van der Waals surface area contributed by atoms with Crippen molar-refractivity contribution < 1.29 is 10.2 Å². The van der Waals surface area contributed by atoms with E-state index in [0.29, 0.717) is 18.1 Å². The molecule has 0 spiro atoms. The van der Waals surface area contributed by atoms with Crippen molar-refractivity contribution in [2.45, 2.75) is 26.0 Å². The molecule has 0 saturated carbocycles. The van der Waals surface area contributed by atoms with Crippen molar-refractivity contribution in [2.75, 3.05) is 18.5 Å². The van der Waals surface area contributed by atoms with Crippen LogP contribution in [-0.2, 0) is 6.54 Å². The second-order valence-electron chi connectivity index (χ2n) is 4.25. The molecule has 0 fully saturated rings. The van der Waals surface area contributed by atoms with Crippen LogP contribution in [0.5, 0.6) is 0 Å². The maximum Gasteiger partial charge on any atom is 0.280 e. The van der Waals surface area contributed by atoms with Crippen molar-refractivity contribution in [1.82, 2.24) is 19.5 Å². The predicted octanol–water partition coefficient (Wildman–Crippen LogP) is -0.705. The van der Waals surface area contributed by atoms with Gasteiger partial charge in [-0.3, -0.25) is 9.78 Å². The van der Waals surface area contributed by atoms with Gasteiger partial charge in [0.25, 0.3) is 5.56 Å². The van der Waals surface area contributed by atoms with E-state index in [1.807, 2.05) is 6.92 Å². The lowest BCUT2D eigenvalue weighted by Gasteiger charge is -2.09. The number of aliphatic hydroxyl groups is 2. The quantitative estimate of drug-likeness (QED) is 0.549. The van der Waals surface area contributed by atoms with Crippen LogP contribution in [0.15, 0.2) is 11.1 Å². The number of rotatable bonds is 6. The Kier molecular flexibility index (Phi) is 4.13. The fourth-order valence-corrected chi connectivity index (χ4v) is 1.70. The Balaban J connectivity index is 2.38. The molecule has 8 nitrogen and oxygen atoms in total. The van der Waals surface area contributed by atoms with E-state index in [0.717, 1.165) is 6.42 Å². The number of H-pyrrole nitrogens is 1. The highest BCUT2D eigenvalue weighted by Crippen LogP contribution is 2.08. The molecule has 4 N–H and O–H groups in total. The van der Waals surface area contributed by atoms with Gasteiger partial charge in [0.05, 0.1) is 25.6 Å². The van der Waals surface area contributed by atoms with E-state index in [4.69, 9.17) is 5.11 Å². The Morgan fingerprint density at radius 3 is 3.05 bits per heavy atom. The molecule has 1 unspecified atom stereocenters. The molecular weight excluding hydrogens is 250 g/mol. The largest absolute Gasteiger partial charge is 0.394 e. The highest BCUT2D eigenvalue weighted by molar-refractivity contribution is 5.70. The predicted molar refractivity (Wildman–Crippen MR) is 70.0 cm³/mol. The van der Waals surface area contributed by atoms with E-state index in [1.165, 1.54) is 6.33 Å². The average Bonchev–Trinajstić information content (AvgIpc) is 2.80. The zero-order valence-electron chi connectivity index (χ0n) is 10.6. The minimum atomic E-state index is -0.912. The first-order valence-electron chi connectivity index (χ1n) is 6.13. The summed E-state index contributed by atoms with van der Waals surface area (Å²) >= 11 is 0. The first-order valence-corrected chi connectivity index (χ1v) is 6.13. The maximum atomic E-state index is 11.8. The van der Waals surface area contributed by atoms with Gasteiger partial charge < -0.3 is 20.1 Å². The lowest BCUT2D eigenvalue weighted by atomic mass is 10.4. The maximum absolute atomic E-state index is 11.8. The summed E-state index contributed by atoms with van der Waals surface area (Å²) in [6, 6.07) is 0. The van der Waals surface area contributed by atoms with Gasteiger partial charge in [0.2, 0.25) is 5.95 Å². The molecule has 2 aromatic heterocycles. The third-order valence-electron chi connectivity index (χ3n) is 2.64. The van der Waals surface area contributed by atoms with Crippen molar-refractivity contribution in [3.05, 3.63) is 16.7 Å². The van der Waals surface area contributed by atoms with Crippen LogP contribution in [-0.4, -0.2) is 49.0 Å². The summed E-state index contributed by atoms with van der Waals surface area (Å²) < 4.78 is 1.54. The number of aromatic amines is 1. The molecule has 0 aliphatic rings. The smallest absolute Gasteiger partial charge is 0.280 e.